The molecule has 0 unspecified atom stereocenters. The van der Waals surface area contributed by atoms with E-state index in [-0.39, 0.29) is 11.8 Å². The van der Waals surface area contributed by atoms with E-state index in [0.29, 0.717) is 24.3 Å². The first-order valence-electron chi connectivity index (χ1n) is 8.28. The molecule has 0 atom stereocenters. The molecule has 0 saturated heterocycles. The predicted molar refractivity (Wildman–Crippen MR) is 102 cm³/mol. The zero-order valence-electron chi connectivity index (χ0n) is 14.8. The Labute approximate surface area is 152 Å². The van der Waals surface area contributed by atoms with Crippen molar-refractivity contribution >= 4 is 29.3 Å². The summed E-state index contributed by atoms with van der Waals surface area (Å²) < 4.78 is 0. The largest absolute Gasteiger partial charge is 0.339 e. The monoisotopic (exact) mass is 357 g/mol. The smallest absolute Gasteiger partial charge is 0.255 e. The number of carbonyl (C=O) groups is 2. The lowest BCUT2D eigenvalue weighted by Gasteiger charge is -2.21. The summed E-state index contributed by atoms with van der Waals surface area (Å²) in [6.07, 6.45) is 1.65. The van der Waals surface area contributed by atoms with Crippen molar-refractivity contribution in [2.45, 2.75) is 32.3 Å². The van der Waals surface area contributed by atoms with Crippen LogP contribution in [-0.4, -0.2) is 34.0 Å². The molecule has 1 aromatic heterocycles. The van der Waals surface area contributed by atoms with Gasteiger partial charge in [0.25, 0.3) is 5.91 Å². The molecule has 0 aliphatic heterocycles. The maximum absolute atomic E-state index is 12.6. The first-order valence-corrected chi connectivity index (χ1v) is 9.27. The highest BCUT2D eigenvalue weighted by Crippen LogP contribution is 2.20. The average molecular weight is 357 g/mol. The Kier molecular flexibility index (Phi) is 7.01. The molecule has 0 bridgehead atoms. The topological polar surface area (TPSA) is 62.3 Å². The number of rotatable bonds is 7. The Morgan fingerprint density at radius 3 is 2.64 bits per heavy atom. The highest BCUT2D eigenvalue weighted by molar-refractivity contribution is 7.99. The van der Waals surface area contributed by atoms with Gasteiger partial charge in [-0.3, -0.25) is 9.59 Å². The maximum atomic E-state index is 12.6. The van der Waals surface area contributed by atoms with Crippen LogP contribution in [0.25, 0.3) is 0 Å². The molecule has 132 valence electrons. The second-order valence-electron chi connectivity index (χ2n) is 5.46. The van der Waals surface area contributed by atoms with Crippen molar-refractivity contribution in [2.24, 2.45) is 0 Å². The lowest BCUT2D eigenvalue weighted by atomic mass is 10.1. The van der Waals surface area contributed by atoms with Gasteiger partial charge in [0.1, 0.15) is 0 Å². The lowest BCUT2D eigenvalue weighted by molar-refractivity contribution is -0.129. The van der Waals surface area contributed by atoms with Gasteiger partial charge in [0.2, 0.25) is 5.91 Å². The Morgan fingerprint density at radius 2 is 1.96 bits per heavy atom. The van der Waals surface area contributed by atoms with Crippen LogP contribution in [0.1, 0.15) is 36.7 Å². The molecule has 5 nitrogen and oxygen atoms in total. The van der Waals surface area contributed by atoms with E-state index in [1.165, 1.54) is 0 Å². The zero-order valence-corrected chi connectivity index (χ0v) is 15.6. The zero-order chi connectivity index (χ0) is 18.2. The van der Waals surface area contributed by atoms with Gasteiger partial charge in [0.15, 0.2) is 0 Å². The number of hydrogen-bond acceptors (Lipinski definition) is 4. The Bertz CT molecular complexity index is 749. The molecule has 1 N–H and O–H groups in total. The molecule has 2 aromatic rings. The van der Waals surface area contributed by atoms with Crippen molar-refractivity contribution in [3.05, 3.63) is 53.7 Å². The fourth-order valence-corrected chi connectivity index (χ4v) is 3.04. The number of aromatic nitrogens is 1. The second kappa shape index (κ2) is 9.22. The van der Waals surface area contributed by atoms with Gasteiger partial charge in [-0.05, 0) is 36.4 Å². The van der Waals surface area contributed by atoms with Crippen LogP contribution in [0.15, 0.2) is 47.6 Å². The van der Waals surface area contributed by atoms with E-state index in [4.69, 9.17) is 0 Å². The number of amides is 2. The van der Waals surface area contributed by atoms with E-state index < -0.39 is 0 Å². The van der Waals surface area contributed by atoms with E-state index in [1.807, 2.05) is 38.1 Å². The number of nitrogens with zero attached hydrogens (tertiary/aromatic N) is 2. The molecule has 0 aliphatic rings. The molecular formula is C19H23N3O2S. The molecule has 6 heteroatoms. The third-order valence-electron chi connectivity index (χ3n) is 3.74. The van der Waals surface area contributed by atoms with Gasteiger partial charge in [0.05, 0.1) is 5.03 Å². The van der Waals surface area contributed by atoms with Crippen LogP contribution in [0, 0.1) is 0 Å². The average Bonchev–Trinajstić information content (AvgIpc) is 2.61. The highest BCUT2D eigenvalue weighted by atomic mass is 32.2. The van der Waals surface area contributed by atoms with E-state index in [0.717, 1.165) is 16.3 Å². The molecule has 0 saturated carbocycles. The molecule has 0 fully saturated rings. The fraction of sp³-hybridized carbons (Fsp3) is 0.316. The summed E-state index contributed by atoms with van der Waals surface area (Å²) in [5.74, 6) is 0.733. The van der Waals surface area contributed by atoms with Crippen LogP contribution in [0.4, 0.5) is 5.69 Å². The van der Waals surface area contributed by atoms with E-state index >= 15 is 0 Å². The minimum absolute atomic E-state index is 0.0130. The van der Waals surface area contributed by atoms with Crippen molar-refractivity contribution in [1.82, 2.24) is 9.88 Å². The standard InChI is InChI=1S/C19H23N3O2S/c1-4-22(14(3)23)13-16-8-6-7-9-17(16)21-19(24)15-10-11-20-18(12-15)25-5-2/h6-12H,4-5,13H2,1-3H3,(H,21,24). The Hall–Kier alpha value is -2.34. The van der Waals surface area contributed by atoms with Gasteiger partial charge in [-0.15, -0.1) is 11.8 Å². The number of nitrogens with one attached hydrogen (secondary N) is 1. The van der Waals surface area contributed by atoms with Crippen molar-refractivity contribution in [2.75, 3.05) is 17.6 Å². The molecular weight excluding hydrogens is 334 g/mol. The Morgan fingerprint density at radius 1 is 1.20 bits per heavy atom. The third-order valence-corrected chi connectivity index (χ3v) is 4.55. The number of benzene rings is 1. The molecule has 2 amide bonds. The molecule has 0 aliphatic carbocycles. The van der Waals surface area contributed by atoms with Gasteiger partial charge in [-0.1, -0.05) is 25.1 Å². The number of thioether (sulfide) groups is 1. The lowest BCUT2D eigenvalue weighted by Crippen LogP contribution is -2.28. The van der Waals surface area contributed by atoms with Crippen LogP contribution in [0.3, 0.4) is 0 Å². The summed E-state index contributed by atoms with van der Waals surface area (Å²) in [4.78, 5) is 30.2. The van der Waals surface area contributed by atoms with Crippen molar-refractivity contribution in [3.8, 4) is 0 Å². The molecule has 0 radical (unpaired) electrons. The first-order chi connectivity index (χ1) is 12.0. The van der Waals surface area contributed by atoms with Crippen molar-refractivity contribution in [1.29, 1.82) is 0 Å². The quantitative estimate of drug-likeness (QED) is 0.765. The van der Waals surface area contributed by atoms with Crippen LogP contribution in [0.2, 0.25) is 0 Å². The minimum Gasteiger partial charge on any atom is -0.339 e. The molecule has 0 spiro atoms. The summed E-state index contributed by atoms with van der Waals surface area (Å²) >= 11 is 1.60. The van der Waals surface area contributed by atoms with Crippen molar-refractivity contribution in [3.63, 3.8) is 0 Å². The first kappa shape index (κ1) is 19.0. The number of anilines is 1. The minimum atomic E-state index is -0.182. The second-order valence-corrected chi connectivity index (χ2v) is 6.74. The Balaban J connectivity index is 2.18. The van der Waals surface area contributed by atoms with E-state index in [9.17, 15) is 9.59 Å². The summed E-state index contributed by atoms with van der Waals surface area (Å²) in [6, 6.07) is 11.0. The summed E-state index contributed by atoms with van der Waals surface area (Å²) in [5, 5.41) is 3.78. The van der Waals surface area contributed by atoms with Crippen LogP contribution < -0.4 is 5.32 Å². The van der Waals surface area contributed by atoms with Crippen LogP contribution in [-0.2, 0) is 11.3 Å². The van der Waals surface area contributed by atoms with Gasteiger partial charge < -0.3 is 10.2 Å². The summed E-state index contributed by atoms with van der Waals surface area (Å²) in [5.41, 5.74) is 2.19. The third kappa shape index (κ3) is 5.32. The SMILES string of the molecule is CCSc1cc(C(=O)Nc2ccccc2CN(CC)C(C)=O)ccn1. The fourth-order valence-electron chi connectivity index (χ4n) is 2.40. The summed E-state index contributed by atoms with van der Waals surface area (Å²) in [6.45, 7) is 6.63. The van der Waals surface area contributed by atoms with Gasteiger partial charge in [0, 0.05) is 37.5 Å². The van der Waals surface area contributed by atoms with Crippen LogP contribution >= 0.6 is 11.8 Å². The summed E-state index contributed by atoms with van der Waals surface area (Å²) in [7, 11) is 0. The van der Waals surface area contributed by atoms with Gasteiger partial charge >= 0.3 is 0 Å². The van der Waals surface area contributed by atoms with Crippen LogP contribution in [0.5, 0.6) is 0 Å². The predicted octanol–water partition coefficient (Wildman–Crippen LogP) is 3.81. The van der Waals surface area contributed by atoms with Gasteiger partial charge in [-0.25, -0.2) is 4.98 Å². The number of pyridine rings is 1. The van der Waals surface area contributed by atoms with E-state index in [2.05, 4.69) is 10.3 Å². The molecule has 2 rings (SSSR count). The normalized spacial score (nSPS) is 10.4. The molecule has 1 aromatic carbocycles. The molecule has 25 heavy (non-hydrogen) atoms. The maximum Gasteiger partial charge on any atom is 0.255 e. The number of hydrogen-bond donors (Lipinski definition) is 1. The number of para-hydroxylation sites is 1. The van der Waals surface area contributed by atoms with Gasteiger partial charge in [-0.2, -0.15) is 0 Å². The van der Waals surface area contributed by atoms with Crippen molar-refractivity contribution < 1.29 is 9.59 Å². The highest BCUT2D eigenvalue weighted by Gasteiger charge is 2.13. The number of carbonyl (C=O) groups excluding carboxylic acids is 2. The molecule has 1 heterocycles. The van der Waals surface area contributed by atoms with E-state index in [1.54, 1.807) is 41.9 Å².